The van der Waals surface area contributed by atoms with Crippen molar-refractivity contribution in [2.75, 3.05) is 12.3 Å². The molecule has 1 unspecified atom stereocenters. The molecule has 1 atom stereocenters. The maximum Gasteiger partial charge on any atom is 0.0184 e. The van der Waals surface area contributed by atoms with E-state index in [9.17, 15) is 0 Å². The van der Waals surface area contributed by atoms with Crippen LogP contribution in [-0.4, -0.2) is 18.3 Å². The summed E-state index contributed by atoms with van der Waals surface area (Å²) in [7, 11) is 0. The van der Waals surface area contributed by atoms with E-state index in [1.807, 2.05) is 11.8 Å². The zero-order chi connectivity index (χ0) is 13.5. The van der Waals surface area contributed by atoms with Gasteiger partial charge < -0.3 is 5.32 Å². The van der Waals surface area contributed by atoms with Crippen molar-refractivity contribution in [3.8, 4) is 0 Å². The summed E-state index contributed by atoms with van der Waals surface area (Å²) < 4.78 is 0. The van der Waals surface area contributed by atoms with Gasteiger partial charge in [-0.2, -0.15) is 0 Å². The first kappa shape index (κ1) is 15.6. The Labute approximate surface area is 117 Å². The Kier molecular flexibility index (Phi) is 6.80. The molecule has 0 fully saturated rings. The van der Waals surface area contributed by atoms with Crippen molar-refractivity contribution in [1.29, 1.82) is 0 Å². The van der Waals surface area contributed by atoms with Crippen LogP contribution >= 0.6 is 11.8 Å². The predicted molar refractivity (Wildman–Crippen MR) is 83.6 cm³/mol. The third-order valence-corrected chi connectivity index (χ3v) is 4.38. The average Bonchev–Trinajstić information content (AvgIpc) is 2.34. The Morgan fingerprint density at radius 2 is 1.67 bits per heavy atom. The average molecular weight is 265 g/mol. The van der Waals surface area contributed by atoms with Gasteiger partial charge in [0, 0.05) is 16.7 Å². The van der Waals surface area contributed by atoms with E-state index < -0.39 is 0 Å². The molecule has 0 aliphatic rings. The Morgan fingerprint density at radius 3 is 2.11 bits per heavy atom. The molecule has 0 saturated heterocycles. The molecule has 1 rings (SSSR count). The lowest BCUT2D eigenvalue weighted by atomic mass is 10.0. The van der Waals surface area contributed by atoms with Crippen molar-refractivity contribution >= 4 is 11.8 Å². The molecule has 2 heteroatoms. The molecule has 18 heavy (non-hydrogen) atoms. The van der Waals surface area contributed by atoms with Crippen LogP contribution in [0.25, 0.3) is 0 Å². The van der Waals surface area contributed by atoms with Gasteiger partial charge >= 0.3 is 0 Å². The van der Waals surface area contributed by atoms with Crippen LogP contribution in [-0.2, 0) is 0 Å². The Balaban J connectivity index is 2.51. The van der Waals surface area contributed by atoms with Crippen LogP contribution in [0.15, 0.2) is 29.2 Å². The van der Waals surface area contributed by atoms with Crippen LogP contribution in [0.5, 0.6) is 0 Å². The first-order valence-electron chi connectivity index (χ1n) is 7.00. The van der Waals surface area contributed by atoms with Gasteiger partial charge in [0.05, 0.1) is 0 Å². The highest BCUT2D eigenvalue weighted by Crippen LogP contribution is 2.23. The highest BCUT2D eigenvalue weighted by Gasteiger charge is 2.12. The summed E-state index contributed by atoms with van der Waals surface area (Å²) in [4.78, 5) is 1.38. The third-order valence-electron chi connectivity index (χ3n) is 3.25. The standard InChI is InChI=1S/C16H27NS/c1-6-17-16(13(4)5)11-18-15-9-7-14(8-10-15)12(2)3/h7-10,12-13,16-17H,6,11H2,1-5H3. The van der Waals surface area contributed by atoms with Gasteiger partial charge in [-0.1, -0.05) is 46.8 Å². The summed E-state index contributed by atoms with van der Waals surface area (Å²) in [5.41, 5.74) is 1.42. The predicted octanol–water partition coefficient (Wildman–Crippen LogP) is 4.54. The largest absolute Gasteiger partial charge is 0.313 e. The van der Waals surface area contributed by atoms with E-state index in [0.717, 1.165) is 12.3 Å². The smallest absolute Gasteiger partial charge is 0.0184 e. The molecule has 0 saturated carbocycles. The second-order valence-corrected chi connectivity index (χ2v) is 6.54. The summed E-state index contributed by atoms with van der Waals surface area (Å²) in [5.74, 6) is 2.45. The third kappa shape index (κ3) is 5.03. The Hall–Kier alpha value is -0.470. The minimum atomic E-state index is 0.602. The molecular weight excluding hydrogens is 238 g/mol. The normalized spacial score (nSPS) is 13.3. The van der Waals surface area contributed by atoms with Gasteiger partial charge in [0.15, 0.2) is 0 Å². The minimum absolute atomic E-state index is 0.602. The molecular formula is C16H27NS. The van der Waals surface area contributed by atoms with Gasteiger partial charge in [-0.15, -0.1) is 11.8 Å². The van der Waals surface area contributed by atoms with Crippen molar-refractivity contribution in [3.05, 3.63) is 29.8 Å². The molecule has 0 amide bonds. The highest BCUT2D eigenvalue weighted by atomic mass is 32.2. The van der Waals surface area contributed by atoms with Crippen LogP contribution in [0.2, 0.25) is 0 Å². The molecule has 0 aliphatic heterocycles. The quantitative estimate of drug-likeness (QED) is 0.727. The fraction of sp³-hybridized carbons (Fsp3) is 0.625. The Morgan fingerprint density at radius 1 is 1.06 bits per heavy atom. The van der Waals surface area contributed by atoms with Crippen LogP contribution in [0.4, 0.5) is 0 Å². The molecule has 1 aromatic rings. The number of nitrogens with one attached hydrogen (secondary N) is 1. The monoisotopic (exact) mass is 265 g/mol. The van der Waals surface area contributed by atoms with Gasteiger partial charge in [-0.05, 0) is 36.1 Å². The molecule has 102 valence electrons. The fourth-order valence-electron chi connectivity index (χ4n) is 1.88. The van der Waals surface area contributed by atoms with E-state index in [2.05, 4.69) is 64.2 Å². The molecule has 0 aromatic heterocycles. The zero-order valence-corrected chi connectivity index (χ0v) is 13.2. The van der Waals surface area contributed by atoms with E-state index in [4.69, 9.17) is 0 Å². The topological polar surface area (TPSA) is 12.0 Å². The molecule has 1 nitrogen and oxygen atoms in total. The lowest BCUT2D eigenvalue weighted by Gasteiger charge is -2.21. The second-order valence-electron chi connectivity index (χ2n) is 5.44. The summed E-state index contributed by atoms with van der Waals surface area (Å²) in [6.07, 6.45) is 0. The molecule has 0 spiro atoms. The number of benzene rings is 1. The molecule has 0 aliphatic carbocycles. The highest BCUT2D eigenvalue weighted by molar-refractivity contribution is 7.99. The maximum atomic E-state index is 3.56. The van der Waals surface area contributed by atoms with Crippen molar-refractivity contribution in [2.24, 2.45) is 5.92 Å². The molecule has 1 N–H and O–H groups in total. The van der Waals surface area contributed by atoms with Crippen molar-refractivity contribution in [3.63, 3.8) is 0 Å². The van der Waals surface area contributed by atoms with Crippen molar-refractivity contribution < 1.29 is 0 Å². The lowest BCUT2D eigenvalue weighted by molar-refractivity contribution is 0.443. The van der Waals surface area contributed by atoms with Gasteiger partial charge in [0.1, 0.15) is 0 Å². The number of hydrogen-bond donors (Lipinski definition) is 1. The number of rotatable bonds is 7. The summed E-state index contributed by atoms with van der Waals surface area (Å²) >= 11 is 1.95. The fourth-order valence-corrected chi connectivity index (χ4v) is 3.09. The van der Waals surface area contributed by atoms with Gasteiger partial charge in [0.25, 0.3) is 0 Å². The molecule has 0 heterocycles. The first-order valence-corrected chi connectivity index (χ1v) is 7.99. The maximum absolute atomic E-state index is 3.56. The van der Waals surface area contributed by atoms with Crippen LogP contribution < -0.4 is 5.32 Å². The van der Waals surface area contributed by atoms with E-state index in [0.29, 0.717) is 17.9 Å². The first-order chi connectivity index (χ1) is 8.54. The number of thioether (sulfide) groups is 1. The summed E-state index contributed by atoms with van der Waals surface area (Å²) in [6, 6.07) is 9.62. The Bertz CT molecular complexity index is 329. The van der Waals surface area contributed by atoms with Crippen molar-refractivity contribution in [2.45, 2.75) is 51.5 Å². The molecule has 1 aromatic carbocycles. The van der Waals surface area contributed by atoms with Crippen molar-refractivity contribution in [1.82, 2.24) is 5.32 Å². The van der Waals surface area contributed by atoms with E-state index in [1.54, 1.807) is 0 Å². The van der Waals surface area contributed by atoms with E-state index in [1.165, 1.54) is 10.5 Å². The van der Waals surface area contributed by atoms with Crippen LogP contribution in [0, 0.1) is 5.92 Å². The SMILES string of the molecule is CCNC(CSc1ccc(C(C)C)cc1)C(C)C. The van der Waals surface area contributed by atoms with Gasteiger partial charge in [-0.3, -0.25) is 0 Å². The number of hydrogen-bond acceptors (Lipinski definition) is 2. The van der Waals surface area contributed by atoms with Gasteiger partial charge in [0.2, 0.25) is 0 Å². The lowest BCUT2D eigenvalue weighted by Crippen LogP contribution is -2.35. The summed E-state index contributed by atoms with van der Waals surface area (Å²) in [6.45, 7) is 12.3. The van der Waals surface area contributed by atoms with E-state index >= 15 is 0 Å². The van der Waals surface area contributed by atoms with Crippen LogP contribution in [0.3, 0.4) is 0 Å². The zero-order valence-electron chi connectivity index (χ0n) is 12.4. The van der Waals surface area contributed by atoms with Gasteiger partial charge in [-0.25, -0.2) is 0 Å². The summed E-state index contributed by atoms with van der Waals surface area (Å²) in [5, 5.41) is 3.56. The molecule has 0 radical (unpaired) electrons. The van der Waals surface area contributed by atoms with Crippen LogP contribution in [0.1, 0.15) is 46.1 Å². The minimum Gasteiger partial charge on any atom is -0.313 e. The van der Waals surface area contributed by atoms with E-state index in [-0.39, 0.29) is 0 Å². The molecule has 0 bridgehead atoms. The second kappa shape index (κ2) is 7.85.